The summed E-state index contributed by atoms with van der Waals surface area (Å²) in [7, 11) is 4.85. The van der Waals surface area contributed by atoms with Crippen LogP contribution in [0.15, 0.2) is 31.8 Å². The Bertz CT molecular complexity index is 2840. The van der Waals surface area contributed by atoms with Crippen LogP contribution in [0.2, 0.25) is 0 Å². The highest BCUT2D eigenvalue weighted by molar-refractivity contribution is 9.11. The third-order valence-corrected chi connectivity index (χ3v) is 17.7. The molecule has 3 aromatic heterocycles. The summed E-state index contributed by atoms with van der Waals surface area (Å²) in [5.41, 5.74) is 8.05. The number of likely N-dealkylation sites (tertiary alicyclic amines) is 2. The first-order valence-corrected chi connectivity index (χ1v) is 29.9. The highest BCUT2D eigenvalue weighted by Gasteiger charge is 2.34. The number of amides is 2. The largest absolute Gasteiger partial charge is 0.496 e. The zero-order valence-electron chi connectivity index (χ0n) is 49.1. The number of aryl methyl sites for hydroxylation is 1. The second kappa shape index (κ2) is 24.1. The smallest absolute Gasteiger partial charge is 0.410 e. The third-order valence-electron chi connectivity index (χ3n) is 14.0. The van der Waals surface area contributed by atoms with Gasteiger partial charge in [-0.15, -0.1) is 22.7 Å². The fourth-order valence-electron chi connectivity index (χ4n) is 9.68. The molecule has 5 aromatic rings. The maximum absolute atomic E-state index is 13.1. The maximum atomic E-state index is 13.1. The van der Waals surface area contributed by atoms with Gasteiger partial charge >= 0.3 is 12.1 Å². The summed E-state index contributed by atoms with van der Waals surface area (Å²) in [5, 5.41) is 6.54. The van der Waals surface area contributed by atoms with Gasteiger partial charge in [0.1, 0.15) is 35.9 Å². The van der Waals surface area contributed by atoms with E-state index in [1.165, 1.54) is 29.4 Å². The first-order chi connectivity index (χ1) is 35.6. The van der Waals surface area contributed by atoms with Crippen LogP contribution in [0.3, 0.4) is 0 Å². The lowest BCUT2D eigenvalue weighted by molar-refractivity contribution is -0.140. The topological polar surface area (TPSA) is 151 Å². The number of halogens is 2. The van der Waals surface area contributed by atoms with E-state index in [0.717, 1.165) is 77.3 Å². The molecule has 2 aliphatic heterocycles. The molecule has 0 bridgehead atoms. The van der Waals surface area contributed by atoms with Gasteiger partial charge in [-0.05, 0) is 131 Å². The summed E-state index contributed by atoms with van der Waals surface area (Å²) in [6.45, 7) is 36.9. The average Bonchev–Trinajstić information content (AvgIpc) is 4.05. The number of carbonyl (C=O) groups excluding carboxylic acids is 3. The van der Waals surface area contributed by atoms with Crippen molar-refractivity contribution in [3.63, 3.8) is 0 Å². The molecule has 0 radical (unpaired) electrons. The van der Waals surface area contributed by atoms with Gasteiger partial charge in [-0.25, -0.2) is 24.4 Å². The maximum Gasteiger partial charge on any atom is 0.410 e. The molecule has 2 aliphatic rings. The molecular weight excluding hydrogens is 1140 g/mol. The normalized spacial score (nSPS) is 15.3. The monoisotopic (exact) mass is 1220 g/mol. The number of nitrogens with zero attached hydrogens (tertiary/aromatic N) is 7. The van der Waals surface area contributed by atoms with Gasteiger partial charge < -0.3 is 28.7 Å². The van der Waals surface area contributed by atoms with Gasteiger partial charge in [0.05, 0.1) is 50.3 Å². The number of esters is 1. The minimum absolute atomic E-state index is 0.00488. The van der Waals surface area contributed by atoms with E-state index in [9.17, 15) is 14.4 Å². The summed E-state index contributed by atoms with van der Waals surface area (Å²) in [6, 6.07) is 8.93. The van der Waals surface area contributed by atoms with Crippen molar-refractivity contribution >= 4 is 72.5 Å². The lowest BCUT2D eigenvalue weighted by Crippen LogP contribution is -2.41. The van der Waals surface area contributed by atoms with Crippen molar-refractivity contribution in [1.29, 1.82) is 0 Å². The molecule has 0 unspecified atom stereocenters. The zero-order valence-corrected chi connectivity index (χ0v) is 53.9. The number of rotatable bonds is 10. The Balaban J connectivity index is 0.000000254. The minimum Gasteiger partial charge on any atom is -0.496 e. The van der Waals surface area contributed by atoms with E-state index in [2.05, 4.69) is 149 Å². The molecule has 422 valence electrons. The van der Waals surface area contributed by atoms with Gasteiger partial charge in [-0.1, -0.05) is 83.1 Å². The van der Waals surface area contributed by atoms with E-state index in [-0.39, 0.29) is 52.5 Å². The molecule has 0 spiro atoms. The second-order valence-electron chi connectivity index (χ2n) is 25.4. The SMILES string of the molecule is COC(=O)Cc1nc(C)n(CC(=O)N2CCC(c3nc(-c4cc(C(C)(C)C)c(OC)c(C(C)(C)C)c4)c(Br)s3)CC2)n1.COc1c(C(C)(C)C)cc(-c2nc(C3CCN(C(=O)OC(C)(C)C)CC3)sc2Br)cc1C(C)(C)C. The fourth-order valence-corrected chi connectivity index (χ4v) is 13.3. The number of methoxy groups -OCH3 is 3. The summed E-state index contributed by atoms with van der Waals surface area (Å²) in [6.07, 6.45) is 3.24. The summed E-state index contributed by atoms with van der Waals surface area (Å²) < 4.78 is 25.8. The van der Waals surface area contributed by atoms with Gasteiger partial charge in [-0.2, -0.15) is 5.10 Å². The lowest BCUT2D eigenvalue weighted by atomic mass is 9.78. The number of piperidine rings is 2. The van der Waals surface area contributed by atoms with Crippen LogP contribution in [0, 0.1) is 6.92 Å². The summed E-state index contributed by atoms with van der Waals surface area (Å²) >= 11 is 11.0. The van der Waals surface area contributed by atoms with Crippen LogP contribution in [-0.2, 0) is 53.7 Å². The Morgan fingerprint density at radius 2 is 0.974 bits per heavy atom. The predicted molar refractivity (Wildman–Crippen MR) is 317 cm³/mol. The Morgan fingerprint density at radius 3 is 1.31 bits per heavy atom. The molecule has 0 aliphatic carbocycles. The first kappa shape index (κ1) is 61.8. The molecular formula is C59H83Br2N7O7S2. The van der Waals surface area contributed by atoms with Gasteiger partial charge in [0.15, 0.2) is 5.82 Å². The number of hydrogen-bond acceptors (Lipinski definition) is 13. The van der Waals surface area contributed by atoms with Crippen molar-refractivity contribution in [2.45, 2.75) is 189 Å². The Hall–Kier alpha value is -4.39. The van der Waals surface area contributed by atoms with Gasteiger partial charge in [0.25, 0.3) is 0 Å². The number of carbonyl (C=O) groups is 3. The second-order valence-corrected chi connectivity index (χ2v) is 30.1. The van der Waals surface area contributed by atoms with Crippen molar-refractivity contribution in [2.24, 2.45) is 0 Å². The van der Waals surface area contributed by atoms with Crippen LogP contribution in [-0.4, -0.2) is 106 Å². The van der Waals surface area contributed by atoms with Crippen LogP contribution in [0.4, 0.5) is 4.79 Å². The average molecular weight is 1230 g/mol. The third kappa shape index (κ3) is 15.3. The number of benzene rings is 2. The van der Waals surface area contributed by atoms with E-state index in [4.69, 9.17) is 28.9 Å². The Kier molecular flexibility index (Phi) is 19.4. The van der Waals surface area contributed by atoms with E-state index in [1.54, 1.807) is 48.5 Å². The fraction of sp³-hybridized carbons (Fsp3) is 0.610. The molecule has 0 saturated carbocycles. The summed E-state index contributed by atoms with van der Waals surface area (Å²) in [4.78, 5) is 55.4. The molecule has 7 rings (SSSR count). The standard InChI is InChI=1S/C31H42BrN5O4S.C28H41BrN2O3S/c1-18-33-23(16-25(39)40-8)35-37(18)17-24(38)36-12-10-19(11-13-36)29-34-26(28(32)42-29)20-14-21(30(2,3)4)27(41-9)22(15-20)31(5,6)7;1-26(2,3)19-15-18(16-20(22(19)33-10)27(4,5)6)21-23(29)35-24(30-21)17-11-13-31(14-12-17)25(32)34-28(7,8)9/h14-15,19H,10-13,16-17H2,1-9H3;15-17H,11-14H2,1-10H3. The van der Waals surface area contributed by atoms with E-state index in [1.807, 2.05) is 30.6 Å². The molecule has 2 amide bonds. The number of hydrogen-bond donors (Lipinski definition) is 0. The van der Waals surface area contributed by atoms with E-state index >= 15 is 0 Å². The van der Waals surface area contributed by atoms with E-state index < -0.39 is 11.6 Å². The molecule has 0 atom stereocenters. The van der Waals surface area contributed by atoms with E-state index in [0.29, 0.717) is 43.7 Å². The summed E-state index contributed by atoms with van der Waals surface area (Å²) in [5.74, 6) is 3.08. The molecule has 77 heavy (non-hydrogen) atoms. The number of aromatic nitrogens is 5. The van der Waals surface area contributed by atoms with Crippen molar-refractivity contribution in [3.8, 4) is 34.0 Å². The molecule has 2 aromatic carbocycles. The Labute approximate surface area is 483 Å². The van der Waals surface area contributed by atoms with Crippen molar-refractivity contribution < 1.29 is 33.3 Å². The van der Waals surface area contributed by atoms with Gasteiger partial charge in [-0.3, -0.25) is 9.59 Å². The van der Waals surface area contributed by atoms with Crippen LogP contribution >= 0.6 is 54.5 Å². The predicted octanol–water partition coefficient (Wildman–Crippen LogP) is 14.5. The first-order valence-electron chi connectivity index (χ1n) is 26.6. The minimum atomic E-state index is -0.473. The molecule has 2 fully saturated rings. The van der Waals surface area contributed by atoms with Crippen LogP contribution in [0.1, 0.15) is 185 Å². The number of ether oxygens (including phenoxy) is 4. The highest BCUT2D eigenvalue weighted by atomic mass is 79.9. The van der Waals surface area contributed by atoms with Crippen molar-refractivity contribution in [2.75, 3.05) is 47.5 Å². The van der Waals surface area contributed by atoms with Crippen LogP contribution in [0.5, 0.6) is 11.5 Å². The highest BCUT2D eigenvalue weighted by Crippen LogP contribution is 2.48. The van der Waals surface area contributed by atoms with Crippen LogP contribution < -0.4 is 9.47 Å². The lowest BCUT2D eigenvalue weighted by Gasteiger charge is -2.32. The molecule has 18 heteroatoms. The molecule has 14 nitrogen and oxygen atoms in total. The molecule has 5 heterocycles. The quantitative estimate of drug-likeness (QED) is 0.123. The molecule has 0 N–H and O–H groups in total. The zero-order chi connectivity index (χ0) is 57.3. The molecule has 2 saturated heterocycles. The Morgan fingerprint density at radius 1 is 0.597 bits per heavy atom. The van der Waals surface area contributed by atoms with Gasteiger partial charge in [0, 0.05) is 71.4 Å². The van der Waals surface area contributed by atoms with Crippen LogP contribution in [0.25, 0.3) is 22.5 Å². The van der Waals surface area contributed by atoms with Gasteiger partial charge in [0.2, 0.25) is 5.91 Å². The van der Waals surface area contributed by atoms with Crippen molar-refractivity contribution in [3.05, 3.63) is 75.8 Å². The number of thiazole rings is 2. The van der Waals surface area contributed by atoms with Crippen molar-refractivity contribution in [1.82, 2.24) is 34.5 Å².